The normalized spacial score (nSPS) is 22.6. The van der Waals surface area contributed by atoms with E-state index in [1.165, 1.54) is 0 Å². The minimum Gasteiger partial charge on any atom is -0.378 e. The number of carbonyl (C=O) groups excluding carboxylic acids is 2. The first kappa shape index (κ1) is 22.1. The maximum absolute atomic E-state index is 13.5. The topological polar surface area (TPSA) is 82.7 Å². The molecule has 0 bridgehead atoms. The average molecular weight is 457 g/mol. The van der Waals surface area contributed by atoms with Crippen LogP contribution in [0.2, 0.25) is 0 Å². The highest BCUT2D eigenvalue weighted by molar-refractivity contribution is 6.07. The van der Waals surface area contributed by atoms with Gasteiger partial charge in [-0.15, -0.1) is 0 Å². The molecule has 3 unspecified atom stereocenters. The van der Waals surface area contributed by atoms with Crippen molar-refractivity contribution in [3.8, 4) is 0 Å². The van der Waals surface area contributed by atoms with Crippen molar-refractivity contribution < 1.29 is 14.3 Å². The first-order valence-electron chi connectivity index (χ1n) is 11.6. The lowest BCUT2D eigenvalue weighted by Gasteiger charge is -2.38. The van der Waals surface area contributed by atoms with Gasteiger partial charge in [0.2, 0.25) is 11.8 Å². The Balaban J connectivity index is 1.40. The number of nitrogens with zero attached hydrogens (tertiary/aromatic N) is 1. The van der Waals surface area contributed by atoms with Crippen LogP contribution in [0.1, 0.15) is 23.1 Å². The lowest BCUT2D eigenvalue weighted by Crippen LogP contribution is -2.56. The van der Waals surface area contributed by atoms with Crippen LogP contribution in [0.15, 0.2) is 84.9 Å². The van der Waals surface area contributed by atoms with Crippen molar-refractivity contribution in [2.24, 2.45) is 5.92 Å². The zero-order valence-corrected chi connectivity index (χ0v) is 18.8. The molecule has 5 rings (SSSR count). The zero-order chi connectivity index (χ0) is 23.3. The fourth-order valence-electron chi connectivity index (χ4n) is 4.76. The van der Waals surface area contributed by atoms with Crippen LogP contribution < -0.4 is 21.1 Å². The van der Waals surface area contributed by atoms with Crippen molar-refractivity contribution in [2.45, 2.75) is 12.0 Å². The molecule has 3 aromatic carbocycles. The number of benzene rings is 3. The van der Waals surface area contributed by atoms with Crippen LogP contribution in [-0.4, -0.2) is 38.1 Å². The summed E-state index contributed by atoms with van der Waals surface area (Å²) in [5.74, 6) is -1.94. The quantitative estimate of drug-likeness (QED) is 0.514. The van der Waals surface area contributed by atoms with Crippen LogP contribution in [-0.2, 0) is 14.3 Å². The molecule has 2 amide bonds. The second kappa shape index (κ2) is 10.1. The third kappa shape index (κ3) is 4.66. The predicted octanol–water partition coefficient (Wildman–Crippen LogP) is 3.24. The van der Waals surface area contributed by atoms with Crippen LogP contribution >= 0.6 is 0 Å². The monoisotopic (exact) mass is 456 g/mol. The summed E-state index contributed by atoms with van der Waals surface area (Å²) in [5, 5.41) is 2.97. The van der Waals surface area contributed by atoms with Gasteiger partial charge in [-0.1, -0.05) is 60.7 Å². The highest BCUT2D eigenvalue weighted by Crippen LogP contribution is 2.39. The molecule has 7 nitrogen and oxygen atoms in total. The van der Waals surface area contributed by atoms with Crippen molar-refractivity contribution in [2.75, 3.05) is 36.5 Å². The van der Waals surface area contributed by atoms with E-state index < -0.39 is 5.92 Å². The van der Waals surface area contributed by atoms with Crippen molar-refractivity contribution in [3.63, 3.8) is 0 Å². The van der Waals surface area contributed by atoms with Crippen LogP contribution in [0.3, 0.4) is 0 Å². The van der Waals surface area contributed by atoms with Crippen LogP contribution in [0, 0.1) is 5.92 Å². The summed E-state index contributed by atoms with van der Waals surface area (Å²) in [6.45, 7) is 3.13. The number of amides is 2. The molecule has 3 atom stereocenters. The number of ether oxygens (including phenoxy) is 1. The fourth-order valence-corrected chi connectivity index (χ4v) is 4.76. The van der Waals surface area contributed by atoms with E-state index in [0.29, 0.717) is 18.9 Å². The van der Waals surface area contributed by atoms with Gasteiger partial charge in [0.05, 0.1) is 19.3 Å². The summed E-state index contributed by atoms with van der Waals surface area (Å²) >= 11 is 0. The van der Waals surface area contributed by atoms with E-state index in [2.05, 4.69) is 21.1 Å². The number of nitrogens with one attached hydrogen (secondary N) is 3. The number of hydrogen-bond donors (Lipinski definition) is 3. The van der Waals surface area contributed by atoms with Crippen molar-refractivity contribution >= 4 is 23.2 Å². The lowest BCUT2D eigenvalue weighted by molar-refractivity contribution is -0.137. The summed E-state index contributed by atoms with van der Waals surface area (Å²) in [5.41, 5.74) is 9.55. The number of carbonyl (C=O) groups is 2. The van der Waals surface area contributed by atoms with Gasteiger partial charge >= 0.3 is 0 Å². The van der Waals surface area contributed by atoms with Gasteiger partial charge in [0.1, 0.15) is 5.92 Å². The molecule has 0 aromatic heterocycles. The molecule has 2 fully saturated rings. The van der Waals surface area contributed by atoms with E-state index in [1.54, 1.807) is 0 Å². The smallest absolute Gasteiger partial charge is 0.247 e. The Kier molecular flexibility index (Phi) is 6.56. The molecule has 7 heteroatoms. The summed E-state index contributed by atoms with van der Waals surface area (Å²) < 4.78 is 5.42. The van der Waals surface area contributed by atoms with Gasteiger partial charge in [0.25, 0.3) is 0 Å². The molecule has 0 radical (unpaired) electrons. The van der Waals surface area contributed by atoms with Crippen LogP contribution in [0.5, 0.6) is 0 Å². The molecular formula is C27H28N4O3. The van der Waals surface area contributed by atoms with Crippen LogP contribution in [0.4, 0.5) is 11.4 Å². The van der Waals surface area contributed by atoms with Gasteiger partial charge in [-0.2, -0.15) is 0 Å². The molecule has 0 saturated carbocycles. The first-order chi connectivity index (χ1) is 16.7. The maximum Gasteiger partial charge on any atom is 0.247 e. The molecule has 2 aliphatic heterocycles. The summed E-state index contributed by atoms with van der Waals surface area (Å²) in [7, 11) is 0. The third-order valence-corrected chi connectivity index (χ3v) is 6.49. The van der Waals surface area contributed by atoms with E-state index in [4.69, 9.17) is 4.74 Å². The molecule has 3 aromatic rings. The minimum absolute atomic E-state index is 0.249. The average Bonchev–Trinajstić information content (AvgIpc) is 2.90. The molecular weight excluding hydrogens is 428 g/mol. The Hall–Kier alpha value is -3.68. The van der Waals surface area contributed by atoms with Gasteiger partial charge in [-0.05, 0) is 35.4 Å². The first-order valence-corrected chi connectivity index (χ1v) is 11.6. The SMILES string of the molecule is O=C1NNC(c2ccccc2)C(c2ccccc2)C1C(=O)Nc1ccc(N2CCOCC2)cc1. The molecule has 0 spiro atoms. The highest BCUT2D eigenvalue weighted by atomic mass is 16.5. The number of hydrazine groups is 1. The van der Waals surface area contributed by atoms with Gasteiger partial charge in [-0.3, -0.25) is 15.0 Å². The Morgan fingerprint density at radius 1 is 0.853 bits per heavy atom. The Morgan fingerprint density at radius 3 is 2.12 bits per heavy atom. The Labute approximate surface area is 199 Å². The molecule has 2 saturated heterocycles. The molecule has 34 heavy (non-hydrogen) atoms. The van der Waals surface area contributed by atoms with Gasteiger partial charge in [-0.25, -0.2) is 5.43 Å². The van der Waals surface area contributed by atoms with E-state index >= 15 is 0 Å². The second-order valence-electron chi connectivity index (χ2n) is 8.57. The molecule has 0 aliphatic carbocycles. The number of morpholine rings is 1. The fraction of sp³-hybridized carbons (Fsp3) is 0.259. The largest absolute Gasteiger partial charge is 0.378 e. The minimum atomic E-state index is -0.896. The highest BCUT2D eigenvalue weighted by Gasteiger charge is 2.44. The summed E-state index contributed by atoms with van der Waals surface area (Å²) in [6, 6.07) is 27.1. The second-order valence-corrected chi connectivity index (χ2v) is 8.57. The molecule has 174 valence electrons. The molecule has 3 N–H and O–H groups in total. The van der Waals surface area contributed by atoms with Crippen molar-refractivity contribution in [1.82, 2.24) is 10.9 Å². The predicted molar refractivity (Wildman–Crippen MR) is 131 cm³/mol. The van der Waals surface area contributed by atoms with E-state index in [9.17, 15) is 9.59 Å². The maximum atomic E-state index is 13.5. The standard InChI is InChI=1S/C27H28N4O3/c32-26(28-21-11-13-22(14-12-21)31-15-17-34-18-16-31)24-23(19-7-3-1-4-8-19)25(29-30-27(24)33)20-9-5-2-6-10-20/h1-14,23-25,29H,15-18H2,(H,28,32)(H,30,33). The third-order valence-electron chi connectivity index (χ3n) is 6.49. The Morgan fingerprint density at radius 2 is 1.47 bits per heavy atom. The van der Waals surface area contributed by atoms with Crippen LogP contribution in [0.25, 0.3) is 0 Å². The van der Waals surface area contributed by atoms with Crippen molar-refractivity contribution in [1.29, 1.82) is 0 Å². The number of anilines is 2. The van der Waals surface area contributed by atoms with Gasteiger partial charge in [0.15, 0.2) is 0 Å². The zero-order valence-electron chi connectivity index (χ0n) is 18.8. The van der Waals surface area contributed by atoms with Crippen molar-refractivity contribution in [3.05, 3.63) is 96.1 Å². The van der Waals surface area contributed by atoms with E-state index in [-0.39, 0.29) is 23.8 Å². The molecule has 2 heterocycles. The number of hydrogen-bond acceptors (Lipinski definition) is 5. The number of rotatable bonds is 5. The van der Waals surface area contributed by atoms with E-state index in [1.807, 2.05) is 84.9 Å². The van der Waals surface area contributed by atoms with Gasteiger partial charge < -0.3 is 15.0 Å². The van der Waals surface area contributed by atoms with Gasteiger partial charge in [0, 0.05) is 30.4 Å². The molecule has 2 aliphatic rings. The Bertz CT molecular complexity index is 1120. The lowest BCUT2D eigenvalue weighted by atomic mass is 9.76. The summed E-state index contributed by atoms with van der Waals surface area (Å²) in [4.78, 5) is 28.7. The van der Waals surface area contributed by atoms with E-state index in [0.717, 1.165) is 29.9 Å². The summed E-state index contributed by atoms with van der Waals surface area (Å²) in [6.07, 6.45) is 0.